The fourth-order valence-electron chi connectivity index (χ4n) is 5.24. The number of nitrogens with zero attached hydrogens (tertiary/aromatic N) is 3. The summed E-state index contributed by atoms with van der Waals surface area (Å²) in [4.78, 5) is 43.1. The van der Waals surface area contributed by atoms with Crippen LogP contribution in [0.1, 0.15) is 31.4 Å². The second-order valence-electron chi connectivity index (χ2n) is 12.4. The van der Waals surface area contributed by atoms with Crippen LogP contribution in [-0.2, 0) is 27.2 Å². The minimum Gasteiger partial charge on any atom is -0.478 e. The maximum Gasteiger partial charge on any atom is 0.327 e. The summed E-state index contributed by atoms with van der Waals surface area (Å²) in [6.45, 7) is 6.77. The molecule has 0 aromatic heterocycles. The zero-order chi connectivity index (χ0) is 33.0. The molecule has 0 unspecified atom stereocenters. The van der Waals surface area contributed by atoms with Gasteiger partial charge in [-0.1, -0.05) is 78.9 Å². The lowest BCUT2D eigenvalue weighted by molar-refractivity contribution is -0.146. The second-order valence-corrected chi connectivity index (χ2v) is 12.4. The Hall–Kier alpha value is -4.05. The highest BCUT2D eigenvalue weighted by Crippen LogP contribution is 2.19. The number of carboxylic acid groups (broad SMARTS) is 1. The Morgan fingerprint density at radius 3 is 2.16 bits per heavy atom. The Morgan fingerprint density at radius 2 is 1.56 bits per heavy atom. The van der Waals surface area contributed by atoms with Crippen molar-refractivity contribution >= 4 is 28.6 Å². The third kappa shape index (κ3) is 11.4. The van der Waals surface area contributed by atoms with Gasteiger partial charge in [-0.3, -0.25) is 9.59 Å². The van der Waals surface area contributed by atoms with Crippen LogP contribution in [-0.4, -0.2) is 103 Å². The molecule has 242 valence electrons. The van der Waals surface area contributed by atoms with Crippen LogP contribution in [0.15, 0.2) is 84.9 Å². The lowest BCUT2D eigenvalue weighted by Gasteiger charge is -2.38. The number of nitrogens with two attached hydrogens (primary N) is 1. The number of rotatable bonds is 11. The van der Waals surface area contributed by atoms with Gasteiger partial charge in [-0.05, 0) is 62.7 Å². The van der Waals surface area contributed by atoms with Gasteiger partial charge in [0.2, 0.25) is 11.8 Å². The number of carbonyl (C=O) groups is 3. The number of amides is 2. The highest BCUT2D eigenvalue weighted by atomic mass is 16.4. The molecule has 9 nitrogen and oxygen atoms in total. The van der Waals surface area contributed by atoms with Crippen molar-refractivity contribution in [2.24, 2.45) is 5.73 Å². The first-order valence-corrected chi connectivity index (χ1v) is 15.5. The predicted octanol–water partition coefficient (Wildman–Crippen LogP) is 3.57. The first kappa shape index (κ1) is 35.4. The van der Waals surface area contributed by atoms with E-state index >= 15 is 0 Å². The number of piperazine rings is 1. The third-order valence-corrected chi connectivity index (χ3v) is 7.99. The number of likely N-dealkylation sites (N-methyl/N-ethyl adjacent to an activating group) is 3. The Labute approximate surface area is 267 Å². The molecule has 1 fully saturated rings. The van der Waals surface area contributed by atoms with E-state index in [-0.39, 0.29) is 17.4 Å². The van der Waals surface area contributed by atoms with Crippen molar-refractivity contribution in [1.82, 2.24) is 20.0 Å². The number of carbonyl (C=O) groups excluding carboxylic acids is 2. The zero-order valence-electron chi connectivity index (χ0n) is 27.3. The van der Waals surface area contributed by atoms with E-state index in [1.807, 2.05) is 68.3 Å². The summed E-state index contributed by atoms with van der Waals surface area (Å²) in [7, 11) is 5.66. The molecule has 4 rings (SSSR count). The Morgan fingerprint density at radius 1 is 0.933 bits per heavy atom. The van der Waals surface area contributed by atoms with Crippen LogP contribution in [0.4, 0.5) is 0 Å². The average Bonchev–Trinajstić information content (AvgIpc) is 3.02. The highest BCUT2D eigenvalue weighted by Gasteiger charge is 2.34. The van der Waals surface area contributed by atoms with E-state index in [1.165, 1.54) is 5.39 Å². The maximum atomic E-state index is 13.7. The van der Waals surface area contributed by atoms with Crippen LogP contribution in [0.2, 0.25) is 0 Å². The predicted molar refractivity (Wildman–Crippen MR) is 181 cm³/mol. The van der Waals surface area contributed by atoms with E-state index in [1.54, 1.807) is 18.0 Å². The van der Waals surface area contributed by atoms with Gasteiger partial charge in [0.25, 0.3) is 0 Å². The molecule has 9 heteroatoms. The Bertz CT molecular complexity index is 1430. The minimum absolute atomic E-state index is 0.0263. The fourth-order valence-corrected chi connectivity index (χ4v) is 5.24. The average molecular weight is 616 g/mol. The smallest absolute Gasteiger partial charge is 0.327 e. The molecule has 2 amide bonds. The summed E-state index contributed by atoms with van der Waals surface area (Å²) in [5.41, 5.74) is 7.41. The molecule has 0 radical (unpaired) electrons. The van der Waals surface area contributed by atoms with Crippen molar-refractivity contribution in [2.75, 3.05) is 47.3 Å². The summed E-state index contributed by atoms with van der Waals surface area (Å²) in [5.74, 6) is -0.966. The largest absolute Gasteiger partial charge is 0.478 e. The maximum absolute atomic E-state index is 13.7. The van der Waals surface area contributed by atoms with Gasteiger partial charge in [-0.2, -0.15) is 0 Å². The van der Waals surface area contributed by atoms with E-state index in [2.05, 4.69) is 47.6 Å². The number of hydrogen-bond donors (Lipinski definition) is 3. The van der Waals surface area contributed by atoms with Crippen LogP contribution in [0.5, 0.6) is 0 Å². The van der Waals surface area contributed by atoms with Gasteiger partial charge in [0, 0.05) is 51.3 Å². The number of hydrogen-bond acceptors (Lipinski definition) is 6. The molecule has 0 aliphatic carbocycles. The SMILES string of the molecule is CC(C)(N)C/C=C/C(=O)O.CN[C@H](Cc1ccc2ccccc2c1)C(=O)N(C)[C@H](Cc1ccccc1)C(=O)N1CCN(C)CC1. The number of benzene rings is 3. The topological polar surface area (TPSA) is 119 Å². The first-order valence-electron chi connectivity index (χ1n) is 15.5. The fraction of sp³-hybridized carbons (Fsp3) is 0.417. The molecule has 45 heavy (non-hydrogen) atoms. The van der Waals surface area contributed by atoms with Crippen LogP contribution < -0.4 is 11.1 Å². The lowest BCUT2D eigenvalue weighted by Crippen LogP contribution is -2.57. The molecular formula is C36H49N5O4. The number of nitrogens with one attached hydrogen (secondary N) is 1. The van der Waals surface area contributed by atoms with Gasteiger partial charge in [-0.25, -0.2) is 4.79 Å². The molecular weight excluding hydrogens is 566 g/mol. The zero-order valence-corrected chi connectivity index (χ0v) is 27.3. The normalized spacial score (nSPS) is 15.3. The van der Waals surface area contributed by atoms with E-state index in [4.69, 9.17) is 10.8 Å². The van der Waals surface area contributed by atoms with Crippen molar-refractivity contribution in [3.8, 4) is 0 Å². The highest BCUT2D eigenvalue weighted by molar-refractivity contribution is 5.90. The van der Waals surface area contributed by atoms with Gasteiger partial charge < -0.3 is 30.9 Å². The quantitative estimate of drug-likeness (QED) is 0.282. The monoisotopic (exact) mass is 615 g/mol. The molecule has 0 bridgehead atoms. The summed E-state index contributed by atoms with van der Waals surface area (Å²) < 4.78 is 0. The summed E-state index contributed by atoms with van der Waals surface area (Å²) in [6, 6.07) is 23.6. The number of carboxylic acids is 1. The van der Waals surface area contributed by atoms with E-state index in [0.717, 1.165) is 35.7 Å². The van der Waals surface area contributed by atoms with Crippen LogP contribution >= 0.6 is 0 Å². The molecule has 2 atom stereocenters. The molecule has 1 aliphatic rings. The summed E-state index contributed by atoms with van der Waals surface area (Å²) in [6.07, 6.45) is 4.31. The van der Waals surface area contributed by atoms with E-state index < -0.39 is 18.1 Å². The third-order valence-electron chi connectivity index (χ3n) is 7.99. The first-order chi connectivity index (χ1) is 21.4. The summed E-state index contributed by atoms with van der Waals surface area (Å²) in [5, 5.41) is 13.7. The molecule has 3 aromatic rings. The van der Waals surface area contributed by atoms with Crippen molar-refractivity contribution in [2.45, 2.75) is 50.7 Å². The van der Waals surface area contributed by atoms with Gasteiger partial charge in [0.1, 0.15) is 6.04 Å². The Kier molecular flexibility index (Phi) is 13.3. The van der Waals surface area contributed by atoms with E-state index in [0.29, 0.717) is 32.4 Å². The Balaban J connectivity index is 0.000000477. The number of aliphatic carboxylic acids is 1. The summed E-state index contributed by atoms with van der Waals surface area (Å²) >= 11 is 0. The molecule has 3 aromatic carbocycles. The molecule has 1 heterocycles. The standard InChI is InChI=1S/C29H36N4O2.C7H13NO2/c1-30-26(20-23-13-14-24-11-7-8-12-25(24)19-23)28(34)32(3)27(21-22-9-5-4-6-10-22)29(35)33-17-15-31(2)16-18-33;1-7(2,8)5-3-4-6(9)10/h4-14,19,26-27,30H,15-18,20-21H2,1-3H3;3-4H,5,8H2,1-2H3,(H,9,10)/b;4-3+/t26-,27-;/m1./s1. The molecule has 0 spiro atoms. The molecule has 1 aliphatic heterocycles. The minimum atomic E-state index is -0.927. The van der Waals surface area contributed by atoms with Gasteiger partial charge >= 0.3 is 5.97 Å². The van der Waals surface area contributed by atoms with Crippen LogP contribution in [0, 0.1) is 0 Å². The van der Waals surface area contributed by atoms with Crippen molar-refractivity contribution < 1.29 is 19.5 Å². The number of fused-ring (bicyclic) bond motifs is 1. The van der Waals surface area contributed by atoms with Crippen LogP contribution in [0.25, 0.3) is 10.8 Å². The second kappa shape index (κ2) is 16.9. The van der Waals surface area contributed by atoms with Gasteiger partial charge in [0.15, 0.2) is 0 Å². The molecule has 1 saturated heterocycles. The van der Waals surface area contributed by atoms with Crippen LogP contribution in [0.3, 0.4) is 0 Å². The van der Waals surface area contributed by atoms with Crippen molar-refractivity contribution in [1.29, 1.82) is 0 Å². The van der Waals surface area contributed by atoms with Gasteiger partial charge in [-0.15, -0.1) is 0 Å². The van der Waals surface area contributed by atoms with Crippen molar-refractivity contribution in [3.63, 3.8) is 0 Å². The lowest BCUT2D eigenvalue weighted by atomic mass is 9.99. The van der Waals surface area contributed by atoms with Gasteiger partial charge in [0.05, 0.1) is 6.04 Å². The molecule has 0 saturated carbocycles. The molecule has 4 N–H and O–H groups in total. The van der Waals surface area contributed by atoms with Crippen molar-refractivity contribution in [3.05, 3.63) is 96.1 Å². The van der Waals surface area contributed by atoms with E-state index in [9.17, 15) is 14.4 Å².